The maximum atomic E-state index is 13.4. The molecule has 6 rings (SSSR count). The lowest BCUT2D eigenvalue weighted by molar-refractivity contribution is -0.130. The van der Waals surface area contributed by atoms with Crippen molar-refractivity contribution in [3.8, 4) is 22.8 Å². The highest BCUT2D eigenvalue weighted by atomic mass is 32.2. The molecule has 1 aliphatic carbocycles. The number of pyridine rings is 1. The minimum Gasteiger partial charge on any atom is -0.454 e. The minimum absolute atomic E-state index is 0.0481. The Morgan fingerprint density at radius 3 is 2.33 bits per heavy atom. The summed E-state index contributed by atoms with van der Waals surface area (Å²) in [5, 5.41) is 0. The van der Waals surface area contributed by atoms with Crippen LogP contribution in [-0.4, -0.2) is 67.3 Å². The topological polar surface area (TPSA) is 106 Å². The van der Waals surface area contributed by atoms with E-state index in [0.29, 0.717) is 36.0 Å². The van der Waals surface area contributed by atoms with Gasteiger partial charge in [0, 0.05) is 50.8 Å². The van der Waals surface area contributed by atoms with Gasteiger partial charge in [-0.05, 0) is 54.8 Å². The molecule has 0 unspecified atom stereocenters. The smallest absolute Gasteiger partial charge is 0.243 e. The van der Waals surface area contributed by atoms with E-state index < -0.39 is 15.4 Å². The van der Waals surface area contributed by atoms with E-state index in [1.54, 1.807) is 29.2 Å². The summed E-state index contributed by atoms with van der Waals surface area (Å²) in [4.78, 5) is 31.5. The van der Waals surface area contributed by atoms with Gasteiger partial charge in [-0.25, -0.2) is 8.42 Å². The summed E-state index contributed by atoms with van der Waals surface area (Å²) in [6.07, 6.45) is 1.80. The zero-order valence-electron chi connectivity index (χ0n) is 21.6. The molecule has 2 fully saturated rings. The van der Waals surface area contributed by atoms with Crippen LogP contribution in [0.25, 0.3) is 11.3 Å². The Balaban J connectivity index is 1.15. The molecular weight excluding hydrogens is 518 g/mol. The molecule has 1 aromatic heterocycles. The molecule has 0 N–H and O–H groups in total. The van der Waals surface area contributed by atoms with E-state index in [2.05, 4.69) is 0 Å². The molecule has 0 spiro atoms. The molecule has 1 saturated heterocycles. The summed E-state index contributed by atoms with van der Waals surface area (Å²) in [5.74, 6) is 1.45. The first kappa shape index (κ1) is 25.5. The molecule has 2 aromatic carbocycles. The number of piperazine rings is 1. The second kappa shape index (κ2) is 9.77. The van der Waals surface area contributed by atoms with Crippen molar-refractivity contribution in [1.82, 2.24) is 14.2 Å². The van der Waals surface area contributed by atoms with Crippen molar-refractivity contribution in [3.05, 3.63) is 71.9 Å². The third kappa shape index (κ3) is 4.79. The Bertz CT molecular complexity index is 1540. The van der Waals surface area contributed by atoms with Gasteiger partial charge in [0.25, 0.3) is 0 Å². The van der Waals surface area contributed by atoms with Crippen LogP contribution in [0.3, 0.4) is 0 Å². The van der Waals surface area contributed by atoms with Gasteiger partial charge in [0.2, 0.25) is 22.7 Å². The maximum absolute atomic E-state index is 13.4. The molecule has 0 radical (unpaired) electrons. The highest BCUT2D eigenvalue weighted by molar-refractivity contribution is 7.89. The minimum atomic E-state index is -3.66. The summed E-state index contributed by atoms with van der Waals surface area (Å²) in [6, 6.07) is 17.9. The third-order valence-electron chi connectivity index (χ3n) is 7.83. The Labute approximate surface area is 227 Å². The molecule has 3 heterocycles. The number of amides is 1. The zero-order chi connectivity index (χ0) is 27.2. The standard InChI is InChI=1S/C29H29N3O6S/c1-20(33)31-13-15-32(16-14-31)39(35,36)24-8-5-21(6-9-24)25-4-2-3-23(30-25)18-28(34)29(11-12-29)22-7-10-26-27(17-22)38-19-37-26/h2-10,17H,11-16,18-19H2,1H3. The number of sulfonamides is 1. The molecule has 1 amide bonds. The molecular formula is C29H29N3O6S. The molecule has 0 atom stereocenters. The van der Waals surface area contributed by atoms with Gasteiger partial charge in [-0.1, -0.05) is 24.3 Å². The number of hydrogen-bond donors (Lipinski definition) is 0. The highest BCUT2D eigenvalue weighted by Crippen LogP contribution is 2.51. The number of nitrogens with zero attached hydrogens (tertiary/aromatic N) is 3. The highest BCUT2D eigenvalue weighted by Gasteiger charge is 2.51. The number of carbonyl (C=O) groups is 2. The van der Waals surface area contributed by atoms with E-state index in [1.807, 2.05) is 36.4 Å². The largest absolute Gasteiger partial charge is 0.454 e. The molecule has 39 heavy (non-hydrogen) atoms. The fourth-order valence-electron chi connectivity index (χ4n) is 5.31. The van der Waals surface area contributed by atoms with Gasteiger partial charge >= 0.3 is 0 Å². The molecule has 202 valence electrons. The lowest BCUT2D eigenvalue weighted by atomic mass is 9.88. The summed E-state index contributed by atoms with van der Waals surface area (Å²) in [7, 11) is -3.66. The zero-order valence-corrected chi connectivity index (χ0v) is 22.4. The van der Waals surface area contributed by atoms with Crippen LogP contribution >= 0.6 is 0 Å². The Hall–Kier alpha value is -3.76. The fraction of sp³-hybridized carbons (Fsp3) is 0.345. The van der Waals surface area contributed by atoms with Crippen molar-refractivity contribution in [2.24, 2.45) is 0 Å². The summed E-state index contributed by atoms with van der Waals surface area (Å²) >= 11 is 0. The summed E-state index contributed by atoms with van der Waals surface area (Å²) in [5.41, 5.74) is 2.55. The van der Waals surface area contributed by atoms with Crippen LogP contribution in [0.5, 0.6) is 11.5 Å². The number of hydrogen-bond acceptors (Lipinski definition) is 7. The quantitative estimate of drug-likeness (QED) is 0.447. The van der Waals surface area contributed by atoms with Gasteiger partial charge < -0.3 is 14.4 Å². The first-order valence-electron chi connectivity index (χ1n) is 13.0. The molecule has 3 aromatic rings. The fourth-order valence-corrected chi connectivity index (χ4v) is 6.73. The Morgan fingerprint density at radius 2 is 1.64 bits per heavy atom. The van der Waals surface area contributed by atoms with Crippen molar-refractivity contribution in [2.75, 3.05) is 33.0 Å². The third-order valence-corrected chi connectivity index (χ3v) is 9.74. The number of benzene rings is 2. The van der Waals surface area contributed by atoms with Gasteiger partial charge in [-0.2, -0.15) is 4.31 Å². The van der Waals surface area contributed by atoms with E-state index >= 15 is 0 Å². The van der Waals surface area contributed by atoms with E-state index in [0.717, 1.165) is 24.0 Å². The number of ether oxygens (including phenoxy) is 2. The lowest BCUT2D eigenvalue weighted by Crippen LogP contribution is -2.49. The van der Waals surface area contributed by atoms with Gasteiger partial charge in [-0.15, -0.1) is 0 Å². The Kier molecular flexibility index (Phi) is 6.39. The normalized spacial score (nSPS) is 18.1. The predicted octanol–water partition coefficient (Wildman–Crippen LogP) is 3.17. The SMILES string of the molecule is CC(=O)N1CCN(S(=O)(=O)c2ccc(-c3cccc(CC(=O)C4(c5ccc6c(c5)OCO6)CC4)n3)cc2)CC1. The van der Waals surface area contributed by atoms with Gasteiger partial charge in [-0.3, -0.25) is 14.6 Å². The van der Waals surface area contributed by atoms with Crippen LogP contribution < -0.4 is 9.47 Å². The van der Waals surface area contributed by atoms with Crippen LogP contribution in [0.1, 0.15) is 31.0 Å². The number of carbonyl (C=O) groups excluding carboxylic acids is 2. The lowest BCUT2D eigenvalue weighted by Gasteiger charge is -2.33. The monoisotopic (exact) mass is 547 g/mol. The summed E-state index contributed by atoms with van der Waals surface area (Å²) < 4.78 is 38.6. The number of rotatable bonds is 7. The molecule has 1 saturated carbocycles. The first-order chi connectivity index (χ1) is 18.8. The van der Waals surface area contributed by atoms with Gasteiger partial charge in [0.1, 0.15) is 5.78 Å². The van der Waals surface area contributed by atoms with E-state index in [1.165, 1.54) is 11.2 Å². The van der Waals surface area contributed by atoms with Crippen LogP contribution in [0, 0.1) is 0 Å². The van der Waals surface area contributed by atoms with Crippen molar-refractivity contribution in [1.29, 1.82) is 0 Å². The molecule has 3 aliphatic rings. The number of ketones is 1. The van der Waals surface area contributed by atoms with Gasteiger partial charge in [0.15, 0.2) is 11.5 Å². The molecule has 9 nitrogen and oxygen atoms in total. The van der Waals surface area contributed by atoms with Crippen LogP contribution in [0.4, 0.5) is 0 Å². The van der Waals surface area contributed by atoms with Crippen molar-refractivity contribution >= 4 is 21.7 Å². The van der Waals surface area contributed by atoms with E-state index in [4.69, 9.17) is 14.5 Å². The van der Waals surface area contributed by atoms with Crippen molar-refractivity contribution < 1.29 is 27.5 Å². The first-order valence-corrected chi connectivity index (χ1v) is 14.5. The molecule has 10 heteroatoms. The predicted molar refractivity (Wildman–Crippen MR) is 143 cm³/mol. The second-order valence-corrected chi connectivity index (χ2v) is 12.1. The van der Waals surface area contributed by atoms with E-state index in [9.17, 15) is 18.0 Å². The number of aromatic nitrogens is 1. The van der Waals surface area contributed by atoms with E-state index in [-0.39, 0.29) is 42.9 Å². The summed E-state index contributed by atoms with van der Waals surface area (Å²) in [6.45, 7) is 3.01. The van der Waals surface area contributed by atoms with Crippen molar-refractivity contribution in [2.45, 2.75) is 36.5 Å². The van der Waals surface area contributed by atoms with Crippen molar-refractivity contribution in [3.63, 3.8) is 0 Å². The van der Waals surface area contributed by atoms with Crippen LogP contribution in [0.15, 0.2) is 65.6 Å². The second-order valence-electron chi connectivity index (χ2n) is 10.2. The Morgan fingerprint density at radius 1 is 0.923 bits per heavy atom. The van der Waals surface area contributed by atoms with Crippen LogP contribution in [0.2, 0.25) is 0 Å². The maximum Gasteiger partial charge on any atom is 0.243 e. The number of Topliss-reactive ketones (excluding diaryl/α,β-unsaturated/α-hetero) is 1. The van der Waals surface area contributed by atoms with Gasteiger partial charge in [0.05, 0.1) is 16.0 Å². The average Bonchev–Trinajstić information content (AvgIpc) is 3.64. The molecule has 2 aliphatic heterocycles. The van der Waals surface area contributed by atoms with Crippen LogP contribution in [-0.2, 0) is 31.4 Å². The number of fused-ring (bicyclic) bond motifs is 1. The average molecular weight is 548 g/mol. The molecule has 0 bridgehead atoms.